The number of nitrogen functional groups attached to an aromatic ring is 1. The smallest absolute Gasteiger partial charge is 0.396 e. The summed E-state index contributed by atoms with van der Waals surface area (Å²) < 4.78 is 37.4. The van der Waals surface area contributed by atoms with E-state index in [4.69, 9.17) is 5.73 Å². The van der Waals surface area contributed by atoms with Crippen LogP contribution in [0.3, 0.4) is 0 Å². The highest BCUT2D eigenvalue weighted by Crippen LogP contribution is 2.21. The number of carbonyl (C=O) groups is 1. The van der Waals surface area contributed by atoms with Gasteiger partial charge in [0, 0.05) is 0 Å². The van der Waals surface area contributed by atoms with Crippen molar-refractivity contribution in [2.45, 2.75) is 32.5 Å². The molecule has 0 saturated heterocycles. The van der Waals surface area contributed by atoms with Gasteiger partial charge in [-0.25, -0.2) is 0 Å². The van der Waals surface area contributed by atoms with E-state index in [9.17, 15) is 18.0 Å². The van der Waals surface area contributed by atoms with Crippen LogP contribution in [0.25, 0.3) is 0 Å². The topological polar surface area (TPSA) is 72.9 Å². The Morgan fingerprint density at radius 1 is 1.50 bits per heavy atom. The Bertz CT molecular complexity index is 450. The first-order valence-electron chi connectivity index (χ1n) is 5.21. The Morgan fingerprint density at radius 3 is 2.44 bits per heavy atom. The molecule has 0 aliphatic heterocycles. The first-order valence-corrected chi connectivity index (χ1v) is 5.21. The second-order valence-corrected chi connectivity index (χ2v) is 4.45. The largest absolute Gasteiger partial charge is 0.405 e. The number of rotatable bonds is 3. The van der Waals surface area contributed by atoms with E-state index in [-0.39, 0.29) is 0 Å². The Hall–Kier alpha value is -1.73. The van der Waals surface area contributed by atoms with Gasteiger partial charge in [-0.3, -0.25) is 9.48 Å². The molecule has 0 radical (unpaired) electrons. The van der Waals surface area contributed by atoms with Gasteiger partial charge < -0.3 is 11.1 Å². The molecule has 3 N–H and O–H groups in total. The number of carbonyl (C=O) groups excluding carboxylic acids is 1. The van der Waals surface area contributed by atoms with Gasteiger partial charge in [-0.15, -0.1) is 0 Å². The fourth-order valence-corrected chi connectivity index (χ4v) is 1.48. The van der Waals surface area contributed by atoms with Crippen LogP contribution in [0, 0.1) is 6.92 Å². The van der Waals surface area contributed by atoms with Crippen LogP contribution < -0.4 is 11.1 Å². The van der Waals surface area contributed by atoms with Gasteiger partial charge in [0.25, 0.3) is 0 Å². The lowest BCUT2D eigenvalue weighted by atomic mass is 10.0. The van der Waals surface area contributed by atoms with Crippen LogP contribution >= 0.6 is 0 Å². The summed E-state index contributed by atoms with van der Waals surface area (Å²) in [5.74, 6) is -0.772. The molecule has 102 valence electrons. The van der Waals surface area contributed by atoms with E-state index in [1.165, 1.54) is 24.7 Å². The second-order valence-electron chi connectivity index (χ2n) is 4.45. The van der Waals surface area contributed by atoms with Crippen LogP contribution in [-0.2, 0) is 10.3 Å². The summed E-state index contributed by atoms with van der Waals surface area (Å²) >= 11 is 0. The summed E-state index contributed by atoms with van der Waals surface area (Å²) in [6.07, 6.45) is -3.09. The van der Waals surface area contributed by atoms with Crippen LogP contribution in [0.15, 0.2) is 6.20 Å². The highest BCUT2D eigenvalue weighted by atomic mass is 19.4. The van der Waals surface area contributed by atoms with Gasteiger partial charge in [0.15, 0.2) is 0 Å². The van der Waals surface area contributed by atoms with Crippen molar-refractivity contribution in [2.75, 3.05) is 12.3 Å². The summed E-state index contributed by atoms with van der Waals surface area (Å²) in [4.78, 5) is 11.8. The highest BCUT2D eigenvalue weighted by molar-refractivity contribution is 5.83. The first kappa shape index (κ1) is 14.3. The van der Waals surface area contributed by atoms with Crippen molar-refractivity contribution < 1.29 is 18.0 Å². The van der Waals surface area contributed by atoms with Crippen molar-refractivity contribution in [3.05, 3.63) is 11.9 Å². The minimum Gasteiger partial charge on any atom is -0.396 e. The van der Waals surface area contributed by atoms with E-state index in [1.807, 2.05) is 5.32 Å². The molecule has 0 aromatic carbocycles. The monoisotopic (exact) mass is 264 g/mol. The van der Waals surface area contributed by atoms with Gasteiger partial charge >= 0.3 is 6.18 Å². The molecule has 1 heterocycles. The number of halogens is 3. The Balaban J connectivity index is 2.87. The molecule has 1 rings (SSSR count). The van der Waals surface area contributed by atoms with E-state index < -0.39 is 24.2 Å². The predicted octanol–water partition coefficient (Wildman–Crippen LogP) is 1.19. The zero-order valence-electron chi connectivity index (χ0n) is 10.3. The molecule has 18 heavy (non-hydrogen) atoms. The van der Waals surface area contributed by atoms with Crippen molar-refractivity contribution in [1.29, 1.82) is 0 Å². The summed E-state index contributed by atoms with van der Waals surface area (Å²) in [6.45, 7) is 3.21. The molecule has 0 bridgehead atoms. The van der Waals surface area contributed by atoms with Crippen molar-refractivity contribution >= 4 is 11.6 Å². The molecule has 0 atom stereocenters. The highest BCUT2D eigenvalue weighted by Gasteiger charge is 2.35. The number of alkyl halides is 3. The summed E-state index contributed by atoms with van der Waals surface area (Å²) in [6, 6.07) is 0. The number of anilines is 1. The number of hydrogen-bond acceptors (Lipinski definition) is 3. The second kappa shape index (κ2) is 4.51. The summed E-state index contributed by atoms with van der Waals surface area (Å²) in [5.41, 5.74) is 5.25. The fourth-order valence-electron chi connectivity index (χ4n) is 1.48. The minimum atomic E-state index is -4.44. The third-order valence-corrected chi connectivity index (χ3v) is 2.58. The van der Waals surface area contributed by atoms with Crippen molar-refractivity contribution in [3.63, 3.8) is 0 Å². The van der Waals surface area contributed by atoms with E-state index in [0.717, 1.165) is 0 Å². The lowest BCUT2D eigenvalue weighted by Crippen LogP contribution is -2.48. The maximum absolute atomic E-state index is 12.0. The average Bonchev–Trinajstić information content (AvgIpc) is 2.55. The standard InChI is InChI=1S/C10H15F3N4O/c1-6-7(14)4-16-17(6)9(2,3)8(18)15-5-10(11,12)13/h4H,5,14H2,1-3H3,(H,15,18). The Labute approximate surface area is 102 Å². The van der Waals surface area contributed by atoms with Crippen LogP contribution in [0.5, 0.6) is 0 Å². The third kappa shape index (κ3) is 2.93. The maximum atomic E-state index is 12.0. The van der Waals surface area contributed by atoms with Gasteiger partial charge in [0.2, 0.25) is 5.91 Å². The molecule has 0 spiro atoms. The number of aromatic nitrogens is 2. The van der Waals surface area contributed by atoms with E-state index >= 15 is 0 Å². The van der Waals surface area contributed by atoms with Gasteiger partial charge in [0.05, 0.1) is 17.6 Å². The summed E-state index contributed by atoms with van der Waals surface area (Å²) in [7, 11) is 0. The number of nitrogens with zero attached hydrogens (tertiary/aromatic N) is 2. The molecule has 0 aliphatic rings. The van der Waals surface area contributed by atoms with Crippen LogP contribution in [0.1, 0.15) is 19.5 Å². The van der Waals surface area contributed by atoms with E-state index in [2.05, 4.69) is 5.10 Å². The van der Waals surface area contributed by atoms with Crippen LogP contribution in [0.4, 0.5) is 18.9 Å². The molecule has 8 heteroatoms. The van der Waals surface area contributed by atoms with Crippen LogP contribution in [-0.4, -0.2) is 28.4 Å². The number of nitrogens with one attached hydrogen (secondary N) is 1. The summed E-state index contributed by atoms with van der Waals surface area (Å²) in [5, 5.41) is 5.73. The molecule has 1 aromatic rings. The normalized spacial score (nSPS) is 12.6. The van der Waals surface area contributed by atoms with E-state index in [0.29, 0.717) is 11.4 Å². The SMILES string of the molecule is Cc1c(N)cnn1C(C)(C)C(=O)NCC(F)(F)F. The molecular formula is C10H15F3N4O. The molecule has 0 saturated carbocycles. The van der Waals surface area contributed by atoms with Gasteiger partial charge in [-0.2, -0.15) is 18.3 Å². The molecule has 5 nitrogen and oxygen atoms in total. The molecule has 0 unspecified atom stereocenters. The lowest BCUT2D eigenvalue weighted by molar-refractivity contribution is -0.143. The zero-order valence-corrected chi connectivity index (χ0v) is 10.3. The maximum Gasteiger partial charge on any atom is 0.405 e. The first-order chi connectivity index (χ1) is 8.05. The van der Waals surface area contributed by atoms with Gasteiger partial charge in [-0.05, 0) is 20.8 Å². The predicted molar refractivity (Wildman–Crippen MR) is 59.8 cm³/mol. The number of amides is 1. The number of nitrogens with two attached hydrogens (primary N) is 1. The molecular weight excluding hydrogens is 249 g/mol. The molecule has 1 amide bonds. The number of hydrogen-bond donors (Lipinski definition) is 2. The molecule has 1 aromatic heterocycles. The average molecular weight is 264 g/mol. The van der Waals surface area contributed by atoms with Crippen molar-refractivity contribution in [3.8, 4) is 0 Å². The third-order valence-electron chi connectivity index (χ3n) is 2.58. The minimum absolute atomic E-state index is 0.381. The molecule has 0 aliphatic carbocycles. The molecule has 0 fully saturated rings. The quantitative estimate of drug-likeness (QED) is 0.861. The van der Waals surface area contributed by atoms with Crippen molar-refractivity contribution in [2.24, 2.45) is 0 Å². The Morgan fingerprint density at radius 2 is 2.06 bits per heavy atom. The van der Waals surface area contributed by atoms with E-state index in [1.54, 1.807) is 6.92 Å². The van der Waals surface area contributed by atoms with Gasteiger partial charge in [0.1, 0.15) is 12.1 Å². The fraction of sp³-hybridized carbons (Fsp3) is 0.600. The zero-order chi connectivity index (χ0) is 14.1. The van der Waals surface area contributed by atoms with Gasteiger partial charge in [-0.1, -0.05) is 0 Å². The van der Waals surface area contributed by atoms with Crippen LogP contribution in [0.2, 0.25) is 0 Å². The lowest BCUT2D eigenvalue weighted by Gasteiger charge is -2.26. The van der Waals surface area contributed by atoms with Crippen molar-refractivity contribution in [1.82, 2.24) is 15.1 Å². The Kier molecular flexibility index (Phi) is 3.59.